The van der Waals surface area contributed by atoms with Crippen LogP contribution in [-0.2, 0) is 10.0 Å². The average molecular weight is 262 g/mol. The summed E-state index contributed by atoms with van der Waals surface area (Å²) in [5.41, 5.74) is 5.47. The van der Waals surface area contributed by atoms with Crippen LogP contribution in [-0.4, -0.2) is 38.1 Å². The molecule has 1 unspecified atom stereocenters. The summed E-state index contributed by atoms with van der Waals surface area (Å²) in [7, 11) is -1.42. The van der Waals surface area contributed by atoms with Crippen molar-refractivity contribution in [2.24, 2.45) is 11.7 Å². The quantitative estimate of drug-likeness (QED) is 0.790. The van der Waals surface area contributed by atoms with Crippen LogP contribution >= 0.6 is 0 Å². The molecule has 17 heavy (non-hydrogen) atoms. The van der Waals surface area contributed by atoms with Gasteiger partial charge in [0.1, 0.15) is 0 Å². The zero-order valence-corrected chi connectivity index (χ0v) is 11.9. The molecular formula is C12H26N2O2S. The van der Waals surface area contributed by atoms with Gasteiger partial charge in [-0.05, 0) is 38.6 Å². The van der Waals surface area contributed by atoms with Gasteiger partial charge in [-0.15, -0.1) is 0 Å². The zero-order chi connectivity index (χ0) is 12.9. The van der Waals surface area contributed by atoms with Crippen LogP contribution in [0.3, 0.4) is 0 Å². The average Bonchev–Trinajstić information content (AvgIpc) is 2.29. The highest BCUT2D eigenvalue weighted by molar-refractivity contribution is 7.89. The highest BCUT2D eigenvalue weighted by Gasteiger charge is 2.27. The molecule has 1 saturated carbocycles. The molecule has 0 heterocycles. The molecule has 0 aromatic rings. The van der Waals surface area contributed by atoms with Crippen LogP contribution in [0.2, 0.25) is 0 Å². The molecule has 0 spiro atoms. The monoisotopic (exact) mass is 262 g/mol. The predicted molar refractivity (Wildman–Crippen MR) is 71.3 cm³/mol. The molecule has 2 N–H and O–H groups in total. The molecule has 1 fully saturated rings. The Balaban J connectivity index is 2.54. The van der Waals surface area contributed by atoms with Crippen LogP contribution in [0.15, 0.2) is 0 Å². The first-order valence-corrected chi connectivity index (χ1v) is 8.24. The number of nitrogens with two attached hydrogens (primary N) is 1. The van der Waals surface area contributed by atoms with Gasteiger partial charge in [0.15, 0.2) is 0 Å². The first-order valence-electron chi connectivity index (χ1n) is 6.63. The minimum Gasteiger partial charge on any atom is -0.330 e. The maximum absolute atomic E-state index is 12.2. The highest BCUT2D eigenvalue weighted by atomic mass is 32.2. The van der Waals surface area contributed by atoms with Gasteiger partial charge >= 0.3 is 0 Å². The third kappa shape index (κ3) is 4.56. The lowest BCUT2D eigenvalue weighted by molar-refractivity contribution is 0.350. The number of hydrogen-bond acceptors (Lipinski definition) is 3. The summed E-state index contributed by atoms with van der Waals surface area (Å²) in [5, 5.41) is 0. The van der Waals surface area contributed by atoms with Crippen molar-refractivity contribution >= 4 is 10.0 Å². The minimum absolute atomic E-state index is 0.00795. The van der Waals surface area contributed by atoms with E-state index in [1.807, 2.05) is 6.92 Å². The fourth-order valence-electron chi connectivity index (χ4n) is 2.47. The van der Waals surface area contributed by atoms with Crippen LogP contribution in [0.5, 0.6) is 0 Å². The fourth-order valence-corrected chi connectivity index (χ4v) is 4.28. The standard InChI is InChI=1S/C12H26N2O2S/c1-11(8-9-13)14(2)17(15,16)10-12-6-4-3-5-7-12/h11-12H,3-10,13H2,1-2H3. The Labute approximate surface area is 106 Å². The summed E-state index contributed by atoms with van der Waals surface area (Å²) in [6.07, 6.45) is 6.48. The number of hydrogen-bond donors (Lipinski definition) is 1. The SMILES string of the molecule is CC(CCN)N(C)S(=O)(=O)CC1CCCCC1. The predicted octanol–water partition coefficient (Wildman–Crippen LogP) is 1.57. The minimum atomic E-state index is -3.10. The van der Waals surface area contributed by atoms with Gasteiger partial charge in [0.2, 0.25) is 10.0 Å². The Bertz CT molecular complexity index is 310. The van der Waals surface area contributed by atoms with Gasteiger partial charge in [-0.25, -0.2) is 12.7 Å². The van der Waals surface area contributed by atoms with E-state index in [2.05, 4.69) is 0 Å². The van der Waals surface area contributed by atoms with Gasteiger partial charge in [-0.3, -0.25) is 0 Å². The van der Waals surface area contributed by atoms with Gasteiger partial charge in [-0.1, -0.05) is 19.3 Å². The van der Waals surface area contributed by atoms with E-state index < -0.39 is 10.0 Å². The summed E-state index contributed by atoms with van der Waals surface area (Å²) < 4.78 is 25.9. The van der Waals surface area contributed by atoms with Crippen LogP contribution < -0.4 is 5.73 Å². The fraction of sp³-hybridized carbons (Fsp3) is 1.00. The molecule has 0 saturated heterocycles. The molecule has 0 bridgehead atoms. The van der Waals surface area contributed by atoms with Gasteiger partial charge in [0, 0.05) is 13.1 Å². The largest absolute Gasteiger partial charge is 0.330 e. The van der Waals surface area contributed by atoms with E-state index in [1.54, 1.807) is 7.05 Å². The Hall–Kier alpha value is -0.130. The van der Waals surface area contributed by atoms with Crippen molar-refractivity contribution in [2.45, 2.75) is 51.5 Å². The van der Waals surface area contributed by atoms with E-state index in [-0.39, 0.29) is 6.04 Å². The number of sulfonamides is 1. The van der Waals surface area contributed by atoms with Gasteiger partial charge < -0.3 is 5.73 Å². The lowest BCUT2D eigenvalue weighted by Crippen LogP contribution is -2.39. The molecule has 102 valence electrons. The van der Waals surface area contributed by atoms with E-state index in [1.165, 1.54) is 23.6 Å². The Morgan fingerprint density at radius 2 is 1.88 bits per heavy atom. The molecule has 1 atom stereocenters. The third-order valence-corrected chi connectivity index (χ3v) is 5.95. The van der Waals surface area contributed by atoms with E-state index in [9.17, 15) is 8.42 Å². The summed E-state index contributed by atoms with van der Waals surface area (Å²) in [5.74, 6) is 0.680. The molecular weight excluding hydrogens is 236 g/mol. The van der Waals surface area contributed by atoms with Crippen molar-refractivity contribution in [3.05, 3.63) is 0 Å². The Morgan fingerprint density at radius 3 is 2.41 bits per heavy atom. The first-order chi connectivity index (χ1) is 7.97. The lowest BCUT2D eigenvalue weighted by Gasteiger charge is -2.28. The number of nitrogens with zero attached hydrogens (tertiary/aromatic N) is 1. The third-order valence-electron chi connectivity index (χ3n) is 3.81. The normalized spacial score (nSPS) is 20.7. The van der Waals surface area contributed by atoms with Crippen molar-refractivity contribution in [2.75, 3.05) is 19.3 Å². The van der Waals surface area contributed by atoms with Crippen LogP contribution in [0.25, 0.3) is 0 Å². The molecule has 1 aliphatic carbocycles. The topological polar surface area (TPSA) is 63.4 Å². The summed E-state index contributed by atoms with van der Waals surface area (Å²) >= 11 is 0. The molecule has 0 radical (unpaired) electrons. The lowest BCUT2D eigenvalue weighted by atomic mass is 9.91. The highest BCUT2D eigenvalue weighted by Crippen LogP contribution is 2.26. The summed E-state index contributed by atoms with van der Waals surface area (Å²) in [6.45, 7) is 2.45. The van der Waals surface area contributed by atoms with E-state index in [0.29, 0.717) is 18.2 Å². The Kier molecular flexibility index (Phi) is 5.89. The molecule has 4 nitrogen and oxygen atoms in total. The smallest absolute Gasteiger partial charge is 0.214 e. The second-order valence-electron chi connectivity index (χ2n) is 5.23. The van der Waals surface area contributed by atoms with E-state index >= 15 is 0 Å². The summed E-state index contributed by atoms with van der Waals surface area (Å²) in [6, 6.07) is 0.00795. The van der Waals surface area contributed by atoms with Gasteiger partial charge in [0.05, 0.1) is 5.75 Å². The van der Waals surface area contributed by atoms with Crippen LogP contribution in [0.1, 0.15) is 45.4 Å². The molecule has 1 aliphatic rings. The zero-order valence-electron chi connectivity index (χ0n) is 11.1. The van der Waals surface area contributed by atoms with Gasteiger partial charge in [-0.2, -0.15) is 0 Å². The maximum Gasteiger partial charge on any atom is 0.214 e. The number of rotatable bonds is 6. The maximum atomic E-state index is 12.2. The first kappa shape index (κ1) is 14.9. The van der Waals surface area contributed by atoms with Crippen molar-refractivity contribution < 1.29 is 8.42 Å². The van der Waals surface area contributed by atoms with Crippen molar-refractivity contribution in [3.63, 3.8) is 0 Å². The Morgan fingerprint density at radius 1 is 1.29 bits per heavy atom. The van der Waals surface area contributed by atoms with Crippen molar-refractivity contribution in [1.82, 2.24) is 4.31 Å². The molecule has 5 heteroatoms. The molecule has 1 rings (SSSR count). The van der Waals surface area contributed by atoms with E-state index in [4.69, 9.17) is 5.73 Å². The van der Waals surface area contributed by atoms with Crippen LogP contribution in [0, 0.1) is 5.92 Å². The molecule has 0 aromatic carbocycles. The molecule has 0 aliphatic heterocycles. The second kappa shape index (κ2) is 6.71. The van der Waals surface area contributed by atoms with Crippen LogP contribution in [0.4, 0.5) is 0 Å². The second-order valence-corrected chi connectivity index (χ2v) is 7.30. The molecule has 0 aromatic heterocycles. The van der Waals surface area contributed by atoms with Crippen molar-refractivity contribution in [3.8, 4) is 0 Å². The van der Waals surface area contributed by atoms with E-state index in [0.717, 1.165) is 19.3 Å². The molecule has 0 amide bonds. The summed E-state index contributed by atoms with van der Waals surface area (Å²) in [4.78, 5) is 0. The van der Waals surface area contributed by atoms with Crippen molar-refractivity contribution in [1.29, 1.82) is 0 Å². The van der Waals surface area contributed by atoms with Gasteiger partial charge in [0.25, 0.3) is 0 Å².